The maximum atomic E-state index is 13.9. The van der Waals surface area contributed by atoms with E-state index in [-0.39, 0.29) is 24.6 Å². The molecule has 0 spiro atoms. The first-order chi connectivity index (χ1) is 18.6. The minimum absolute atomic E-state index is 0.0356. The van der Waals surface area contributed by atoms with Crippen molar-refractivity contribution >= 4 is 39.1 Å². The van der Waals surface area contributed by atoms with E-state index >= 15 is 0 Å². The highest BCUT2D eigenvalue weighted by atomic mass is 35.5. The number of carbonyl (C=O) groups is 2. The van der Waals surface area contributed by atoms with Gasteiger partial charge in [0.2, 0.25) is 21.8 Å². The van der Waals surface area contributed by atoms with Crippen LogP contribution in [0.1, 0.15) is 11.1 Å². The van der Waals surface area contributed by atoms with Crippen molar-refractivity contribution < 1.29 is 27.5 Å². The average molecular weight is 574 g/mol. The van der Waals surface area contributed by atoms with Gasteiger partial charge < -0.3 is 19.7 Å². The normalized spacial score (nSPS) is 11.8. The number of halogens is 1. The van der Waals surface area contributed by atoms with Gasteiger partial charge in [0, 0.05) is 31.1 Å². The van der Waals surface area contributed by atoms with Gasteiger partial charge in [0.05, 0.1) is 26.2 Å². The van der Waals surface area contributed by atoms with E-state index in [1.165, 1.54) is 38.3 Å². The van der Waals surface area contributed by atoms with Crippen molar-refractivity contribution in [2.45, 2.75) is 19.0 Å². The third-order valence-corrected chi connectivity index (χ3v) is 7.47. The Labute approximate surface area is 234 Å². The third kappa shape index (κ3) is 7.87. The SMILES string of the molecule is CNC(=O)[C@H](Cc1ccccc1)N(Cc1cccc(Cl)c1)C(=O)CN(c1ccc(OC)c(OC)c1)S(C)(=O)=O. The predicted octanol–water partition coefficient (Wildman–Crippen LogP) is 3.51. The Hall–Kier alpha value is -3.76. The van der Waals surface area contributed by atoms with Crippen LogP contribution in [0.3, 0.4) is 0 Å². The van der Waals surface area contributed by atoms with Gasteiger partial charge in [-0.3, -0.25) is 13.9 Å². The summed E-state index contributed by atoms with van der Waals surface area (Å²) >= 11 is 6.19. The first kappa shape index (κ1) is 29.8. The van der Waals surface area contributed by atoms with Crippen molar-refractivity contribution in [3.8, 4) is 11.5 Å². The van der Waals surface area contributed by atoms with Crippen molar-refractivity contribution in [3.63, 3.8) is 0 Å². The number of ether oxygens (including phenoxy) is 2. The molecule has 0 bridgehead atoms. The summed E-state index contributed by atoms with van der Waals surface area (Å²) in [6.07, 6.45) is 1.24. The second kappa shape index (κ2) is 13.3. The molecule has 9 nitrogen and oxygen atoms in total. The summed E-state index contributed by atoms with van der Waals surface area (Å²) in [5, 5.41) is 3.11. The highest BCUT2D eigenvalue weighted by Gasteiger charge is 2.33. The number of rotatable bonds is 12. The van der Waals surface area contributed by atoms with Crippen LogP contribution in [0.25, 0.3) is 0 Å². The average Bonchev–Trinajstić information content (AvgIpc) is 2.92. The lowest BCUT2D eigenvalue weighted by Crippen LogP contribution is -2.52. The van der Waals surface area contributed by atoms with Crippen molar-refractivity contribution in [2.75, 3.05) is 38.4 Å². The third-order valence-electron chi connectivity index (χ3n) is 6.09. The molecule has 208 valence electrons. The molecular weight excluding hydrogens is 542 g/mol. The maximum Gasteiger partial charge on any atom is 0.244 e. The topological polar surface area (TPSA) is 105 Å². The monoisotopic (exact) mass is 573 g/mol. The lowest BCUT2D eigenvalue weighted by atomic mass is 10.0. The molecule has 0 aromatic heterocycles. The number of nitrogens with one attached hydrogen (secondary N) is 1. The van der Waals surface area contributed by atoms with Crippen LogP contribution < -0.4 is 19.1 Å². The van der Waals surface area contributed by atoms with Gasteiger partial charge >= 0.3 is 0 Å². The van der Waals surface area contributed by atoms with Gasteiger partial charge in [-0.25, -0.2) is 8.42 Å². The van der Waals surface area contributed by atoms with Crippen molar-refractivity contribution in [1.29, 1.82) is 0 Å². The number of likely N-dealkylation sites (N-methyl/N-ethyl adjacent to an activating group) is 1. The van der Waals surface area contributed by atoms with Crippen LogP contribution in [-0.2, 0) is 32.6 Å². The summed E-state index contributed by atoms with van der Waals surface area (Å²) in [5.41, 5.74) is 1.75. The molecule has 0 aliphatic heterocycles. The van der Waals surface area contributed by atoms with E-state index in [1.807, 2.05) is 30.3 Å². The molecular formula is C28H32ClN3O6S. The van der Waals surface area contributed by atoms with Crippen LogP contribution in [0.4, 0.5) is 5.69 Å². The van der Waals surface area contributed by atoms with E-state index in [4.69, 9.17) is 21.1 Å². The summed E-state index contributed by atoms with van der Waals surface area (Å²) in [6.45, 7) is -0.509. The molecule has 11 heteroatoms. The van der Waals surface area contributed by atoms with Gasteiger partial charge in [0.1, 0.15) is 12.6 Å². The Morgan fingerprint density at radius 1 is 0.923 bits per heavy atom. The van der Waals surface area contributed by atoms with Crippen molar-refractivity contribution in [3.05, 3.63) is 88.9 Å². The van der Waals surface area contributed by atoms with Gasteiger partial charge in [-0.15, -0.1) is 0 Å². The van der Waals surface area contributed by atoms with Crippen molar-refractivity contribution in [2.24, 2.45) is 0 Å². The molecule has 1 N–H and O–H groups in total. The van der Waals surface area contributed by atoms with Gasteiger partial charge in [0.15, 0.2) is 11.5 Å². The number of anilines is 1. The van der Waals surface area contributed by atoms with Gasteiger partial charge in [-0.05, 0) is 35.4 Å². The molecule has 2 amide bonds. The highest BCUT2D eigenvalue weighted by molar-refractivity contribution is 7.92. The fourth-order valence-electron chi connectivity index (χ4n) is 4.15. The summed E-state index contributed by atoms with van der Waals surface area (Å²) in [6, 6.07) is 19.9. The second-order valence-electron chi connectivity index (χ2n) is 8.78. The van der Waals surface area contributed by atoms with E-state index in [2.05, 4.69) is 5.32 Å². The van der Waals surface area contributed by atoms with E-state index in [0.29, 0.717) is 22.1 Å². The number of benzene rings is 3. The molecule has 0 saturated heterocycles. The van der Waals surface area contributed by atoms with Crippen LogP contribution in [0.2, 0.25) is 5.02 Å². The smallest absolute Gasteiger partial charge is 0.244 e. The fourth-order valence-corrected chi connectivity index (χ4v) is 5.20. The van der Waals surface area contributed by atoms with E-state index in [0.717, 1.165) is 16.1 Å². The van der Waals surface area contributed by atoms with Gasteiger partial charge in [-0.2, -0.15) is 0 Å². The Balaban J connectivity index is 2.05. The number of hydrogen-bond acceptors (Lipinski definition) is 6. The molecule has 0 fully saturated rings. The second-order valence-corrected chi connectivity index (χ2v) is 11.1. The minimum Gasteiger partial charge on any atom is -0.493 e. The quantitative estimate of drug-likeness (QED) is 0.355. The minimum atomic E-state index is -3.91. The van der Waals surface area contributed by atoms with Gasteiger partial charge in [0.25, 0.3) is 0 Å². The van der Waals surface area contributed by atoms with Crippen LogP contribution >= 0.6 is 11.6 Å². The number of hydrogen-bond donors (Lipinski definition) is 1. The molecule has 0 saturated carbocycles. The van der Waals surface area contributed by atoms with Gasteiger partial charge in [-0.1, -0.05) is 54.1 Å². The van der Waals surface area contributed by atoms with E-state index < -0.39 is 28.5 Å². The lowest BCUT2D eigenvalue weighted by molar-refractivity contribution is -0.139. The molecule has 39 heavy (non-hydrogen) atoms. The van der Waals surface area contributed by atoms with Crippen LogP contribution in [0.5, 0.6) is 11.5 Å². The number of methoxy groups -OCH3 is 2. The zero-order valence-corrected chi connectivity index (χ0v) is 23.8. The Morgan fingerprint density at radius 3 is 2.18 bits per heavy atom. The van der Waals surface area contributed by atoms with Crippen LogP contribution in [0, 0.1) is 0 Å². The summed E-state index contributed by atoms with van der Waals surface area (Å²) in [5.74, 6) is -0.240. The molecule has 3 aromatic rings. The largest absolute Gasteiger partial charge is 0.493 e. The number of sulfonamides is 1. The van der Waals surface area contributed by atoms with E-state index in [1.54, 1.807) is 30.3 Å². The number of nitrogens with zero attached hydrogens (tertiary/aromatic N) is 2. The predicted molar refractivity (Wildman–Crippen MR) is 152 cm³/mol. The first-order valence-corrected chi connectivity index (χ1v) is 14.3. The molecule has 0 aliphatic carbocycles. The number of amides is 2. The molecule has 1 atom stereocenters. The Kier molecular flexibility index (Phi) is 10.2. The summed E-state index contributed by atoms with van der Waals surface area (Å²) in [4.78, 5) is 28.5. The zero-order chi connectivity index (χ0) is 28.6. The molecule has 3 aromatic carbocycles. The first-order valence-electron chi connectivity index (χ1n) is 12.1. The highest BCUT2D eigenvalue weighted by Crippen LogP contribution is 2.32. The molecule has 0 unspecified atom stereocenters. The van der Waals surface area contributed by atoms with Crippen molar-refractivity contribution in [1.82, 2.24) is 10.2 Å². The Morgan fingerprint density at radius 2 is 1.59 bits per heavy atom. The fraction of sp³-hybridized carbons (Fsp3) is 0.286. The summed E-state index contributed by atoms with van der Waals surface area (Å²) in [7, 11) is 0.481. The number of carbonyl (C=O) groups excluding carboxylic acids is 2. The summed E-state index contributed by atoms with van der Waals surface area (Å²) < 4.78 is 37.3. The standard InChI is InChI=1S/C28H32ClN3O6S/c1-30-28(34)24(16-20-9-6-5-7-10-20)31(18-21-11-8-12-22(29)15-21)27(33)19-32(39(4,35)36)23-13-14-25(37-2)26(17-23)38-3/h5-15,17,24H,16,18-19H2,1-4H3,(H,30,34)/t24-/m0/s1. The molecule has 3 rings (SSSR count). The lowest BCUT2D eigenvalue weighted by Gasteiger charge is -2.33. The molecule has 0 aliphatic rings. The Bertz CT molecular complexity index is 1400. The van der Waals surface area contributed by atoms with Crippen LogP contribution in [-0.4, -0.2) is 65.2 Å². The maximum absolute atomic E-state index is 13.9. The molecule has 0 heterocycles. The zero-order valence-electron chi connectivity index (χ0n) is 22.3. The van der Waals surface area contributed by atoms with E-state index in [9.17, 15) is 18.0 Å². The molecule has 0 radical (unpaired) electrons. The van der Waals surface area contributed by atoms with Crippen LogP contribution in [0.15, 0.2) is 72.8 Å².